The summed E-state index contributed by atoms with van der Waals surface area (Å²) in [7, 11) is 1.62. The van der Waals surface area contributed by atoms with E-state index in [1.807, 2.05) is 18.2 Å². The number of allylic oxidation sites excluding steroid dienone is 1. The van der Waals surface area contributed by atoms with E-state index in [0.29, 0.717) is 0 Å². The summed E-state index contributed by atoms with van der Waals surface area (Å²) < 4.78 is 5.16. The summed E-state index contributed by atoms with van der Waals surface area (Å²) in [6.45, 7) is 0. The van der Waals surface area contributed by atoms with Crippen LogP contribution in [0.3, 0.4) is 0 Å². The van der Waals surface area contributed by atoms with Crippen LogP contribution in [0, 0.1) is 0 Å². The Labute approximate surface area is 94.4 Å². The Morgan fingerprint density at radius 2 is 2.25 bits per heavy atom. The molecule has 0 heterocycles. The van der Waals surface area contributed by atoms with Gasteiger partial charge in [-0.1, -0.05) is 6.07 Å². The zero-order chi connectivity index (χ0) is 11.5. The number of aryl methyl sites for hydroxylation is 1. The van der Waals surface area contributed by atoms with Crippen LogP contribution in [0.15, 0.2) is 24.3 Å². The molecule has 0 aromatic heterocycles. The number of fused-ring (bicyclic) bond motifs is 1. The van der Waals surface area contributed by atoms with Gasteiger partial charge in [0.2, 0.25) is 0 Å². The lowest BCUT2D eigenvalue weighted by molar-refractivity contribution is -0.131. The highest BCUT2D eigenvalue weighted by Gasteiger charge is 2.15. The van der Waals surface area contributed by atoms with Gasteiger partial charge in [-0.15, -0.1) is 0 Å². The summed E-state index contributed by atoms with van der Waals surface area (Å²) >= 11 is 0. The molecule has 84 valence electrons. The fourth-order valence-corrected chi connectivity index (χ4v) is 2.10. The SMILES string of the molecule is COc1ccc2c(c1)/C(=C/C(=O)O)CCC2. The molecule has 1 aliphatic carbocycles. The first-order valence-corrected chi connectivity index (χ1v) is 5.31. The van der Waals surface area contributed by atoms with E-state index in [9.17, 15) is 4.79 Å². The molecule has 1 aliphatic rings. The van der Waals surface area contributed by atoms with Gasteiger partial charge in [-0.05, 0) is 48.1 Å². The van der Waals surface area contributed by atoms with E-state index < -0.39 is 5.97 Å². The second-order valence-electron chi connectivity index (χ2n) is 3.88. The minimum absolute atomic E-state index is 0.775. The second kappa shape index (κ2) is 4.39. The van der Waals surface area contributed by atoms with E-state index in [2.05, 4.69) is 0 Å². The number of hydrogen-bond acceptors (Lipinski definition) is 2. The van der Waals surface area contributed by atoms with Gasteiger partial charge in [-0.25, -0.2) is 4.79 Å². The molecular formula is C13H14O3. The van der Waals surface area contributed by atoms with Gasteiger partial charge in [0, 0.05) is 6.08 Å². The van der Waals surface area contributed by atoms with E-state index >= 15 is 0 Å². The van der Waals surface area contributed by atoms with E-state index in [4.69, 9.17) is 9.84 Å². The number of methoxy groups -OCH3 is 1. The van der Waals surface area contributed by atoms with Crippen molar-refractivity contribution in [2.45, 2.75) is 19.3 Å². The molecule has 0 saturated carbocycles. The van der Waals surface area contributed by atoms with Crippen molar-refractivity contribution in [1.82, 2.24) is 0 Å². The highest BCUT2D eigenvalue weighted by molar-refractivity contribution is 5.91. The third kappa shape index (κ3) is 2.08. The molecule has 2 rings (SSSR count). The molecule has 0 atom stereocenters. The average molecular weight is 218 g/mol. The van der Waals surface area contributed by atoms with Crippen molar-refractivity contribution in [3.63, 3.8) is 0 Å². The van der Waals surface area contributed by atoms with Crippen molar-refractivity contribution in [2.75, 3.05) is 7.11 Å². The summed E-state index contributed by atoms with van der Waals surface area (Å²) in [6.07, 6.45) is 4.15. The molecular weight excluding hydrogens is 204 g/mol. The molecule has 16 heavy (non-hydrogen) atoms. The van der Waals surface area contributed by atoms with Crippen LogP contribution in [0.1, 0.15) is 24.0 Å². The van der Waals surface area contributed by atoms with Crippen molar-refractivity contribution < 1.29 is 14.6 Å². The van der Waals surface area contributed by atoms with E-state index in [0.717, 1.165) is 36.1 Å². The number of carbonyl (C=O) groups is 1. The lowest BCUT2D eigenvalue weighted by Gasteiger charge is -2.19. The average Bonchev–Trinajstić information content (AvgIpc) is 2.28. The fourth-order valence-electron chi connectivity index (χ4n) is 2.10. The van der Waals surface area contributed by atoms with Crippen LogP contribution in [0.2, 0.25) is 0 Å². The van der Waals surface area contributed by atoms with E-state index in [-0.39, 0.29) is 0 Å². The van der Waals surface area contributed by atoms with E-state index in [1.54, 1.807) is 7.11 Å². The van der Waals surface area contributed by atoms with Crippen LogP contribution < -0.4 is 4.74 Å². The van der Waals surface area contributed by atoms with Gasteiger partial charge in [0.15, 0.2) is 0 Å². The predicted molar refractivity (Wildman–Crippen MR) is 61.5 cm³/mol. The first-order chi connectivity index (χ1) is 7.70. The molecule has 1 N–H and O–H groups in total. The van der Waals surface area contributed by atoms with Gasteiger partial charge in [-0.3, -0.25) is 0 Å². The maximum absolute atomic E-state index is 10.7. The molecule has 3 heteroatoms. The lowest BCUT2D eigenvalue weighted by atomic mass is 9.87. The highest BCUT2D eigenvalue weighted by atomic mass is 16.5. The Kier molecular flexibility index (Phi) is 2.95. The minimum Gasteiger partial charge on any atom is -0.497 e. The molecule has 0 spiro atoms. The van der Waals surface area contributed by atoms with Crippen LogP contribution in [-0.4, -0.2) is 18.2 Å². The second-order valence-corrected chi connectivity index (χ2v) is 3.88. The molecule has 1 aromatic rings. The van der Waals surface area contributed by atoms with Crippen molar-refractivity contribution >= 4 is 11.5 Å². The number of rotatable bonds is 2. The molecule has 0 bridgehead atoms. The van der Waals surface area contributed by atoms with Crippen molar-refractivity contribution in [3.05, 3.63) is 35.4 Å². The standard InChI is InChI=1S/C13H14O3/c1-16-11-6-5-9-3-2-4-10(7-13(14)15)12(9)8-11/h5-8H,2-4H2,1H3,(H,14,15)/b10-7+. The third-order valence-corrected chi connectivity index (χ3v) is 2.85. The first kappa shape index (κ1) is 10.7. The van der Waals surface area contributed by atoms with Gasteiger partial charge in [0.1, 0.15) is 5.75 Å². The van der Waals surface area contributed by atoms with Gasteiger partial charge in [-0.2, -0.15) is 0 Å². The molecule has 3 nitrogen and oxygen atoms in total. The molecule has 0 amide bonds. The summed E-state index contributed by atoms with van der Waals surface area (Å²) in [5.41, 5.74) is 3.13. The Morgan fingerprint density at radius 1 is 1.44 bits per heavy atom. The van der Waals surface area contributed by atoms with Gasteiger partial charge >= 0.3 is 5.97 Å². The Morgan fingerprint density at radius 3 is 2.94 bits per heavy atom. The number of ether oxygens (including phenoxy) is 1. The van der Waals surface area contributed by atoms with Crippen LogP contribution in [0.5, 0.6) is 5.75 Å². The molecule has 0 saturated heterocycles. The van der Waals surface area contributed by atoms with Crippen molar-refractivity contribution in [1.29, 1.82) is 0 Å². The summed E-state index contributed by atoms with van der Waals surface area (Å²) in [4.78, 5) is 10.7. The quantitative estimate of drug-likeness (QED) is 0.776. The van der Waals surface area contributed by atoms with Crippen molar-refractivity contribution in [3.8, 4) is 5.75 Å². The van der Waals surface area contributed by atoms with Gasteiger partial charge in [0.25, 0.3) is 0 Å². The topological polar surface area (TPSA) is 46.5 Å². The zero-order valence-electron chi connectivity index (χ0n) is 9.19. The monoisotopic (exact) mass is 218 g/mol. The van der Waals surface area contributed by atoms with Crippen LogP contribution in [0.25, 0.3) is 5.57 Å². The van der Waals surface area contributed by atoms with E-state index in [1.165, 1.54) is 11.6 Å². The van der Waals surface area contributed by atoms with Crippen LogP contribution in [-0.2, 0) is 11.2 Å². The number of aliphatic carboxylic acids is 1. The first-order valence-electron chi connectivity index (χ1n) is 5.31. The Hall–Kier alpha value is -1.77. The third-order valence-electron chi connectivity index (χ3n) is 2.85. The molecule has 0 aliphatic heterocycles. The van der Waals surface area contributed by atoms with Crippen LogP contribution in [0.4, 0.5) is 0 Å². The smallest absolute Gasteiger partial charge is 0.328 e. The molecule has 0 fully saturated rings. The largest absolute Gasteiger partial charge is 0.497 e. The normalized spacial score (nSPS) is 16.9. The lowest BCUT2D eigenvalue weighted by Crippen LogP contribution is -2.04. The fraction of sp³-hybridized carbons (Fsp3) is 0.308. The number of hydrogen-bond donors (Lipinski definition) is 1. The Balaban J connectivity index is 2.47. The zero-order valence-corrected chi connectivity index (χ0v) is 9.19. The molecule has 0 unspecified atom stereocenters. The molecule has 0 radical (unpaired) electrons. The summed E-state index contributed by atoms with van der Waals surface area (Å²) in [6, 6.07) is 5.86. The number of carboxylic acid groups (broad SMARTS) is 1. The highest BCUT2D eigenvalue weighted by Crippen LogP contribution is 2.33. The van der Waals surface area contributed by atoms with Gasteiger partial charge in [0.05, 0.1) is 7.11 Å². The minimum atomic E-state index is -0.884. The van der Waals surface area contributed by atoms with Crippen LogP contribution >= 0.6 is 0 Å². The predicted octanol–water partition coefficient (Wildman–Crippen LogP) is 2.50. The number of carboxylic acids is 1. The summed E-state index contributed by atoms with van der Waals surface area (Å²) in [5, 5.41) is 8.81. The molecule has 1 aromatic carbocycles. The summed E-state index contributed by atoms with van der Waals surface area (Å²) in [5.74, 6) is -0.109. The number of benzene rings is 1. The Bertz CT molecular complexity index is 446. The van der Waals surface area contributed by atoms with Gasteiger partial charge < -0.3 is 9.84 Å². The maximum Gasteiger partial charge on any atom is 0.328 e. The maximum atomic E-state index is 10.7. The van der Waals surface area contributed by atoms with Crippen molar-refractivity contribution in [2.24, 2.45) is 0 Å².